The molecule has 0 rings (SSSR count). The summed E-state index contributed by atoms with van der Waals surface area (Å²) < 4.78 is 0. The van der Waals surface area contributed by atoms with Gasteiger partial charge in [-0.3, -0.25) is 4.79 Å². The minimum absolute atomic E-state index is 0.0925. The van der Waals surface area contributed by atoms with Gasteiger partial charge in [0.15, 0.2) is 6.10 Å². The topological polar surface area (TPSA) is 170 Å². The van der Waals surface area contributed by atoms with E-state index >= 15 is 0 Å². The van der Waals surface area contributed by atoms with Crippen molar-refractivity contribution in [2.75, 3.05) is 6.61 Å². The zero-order chi connectivity index (χ0) is 16.6. The molecule has 9 nitrogen and oxygen atoms in total. The van der Waals surface area contributed by atoms with Gasteiger partial charge in [-0.15, -0.1) is 0 Å². The molecule has 0 fully saturated rings. The summed E-state index contributed by atoms with van der Waals surface area (Å²) in [4.78, 5) is 22.4. The van der Waals surface area contributed by atoms with E-state index in [1.807, 2.05) is 12.2 Å². The number of carbonyl (C=O) groups excluding carboxylic acids is 2. The number of carbonyl (C=O) groups is 2. The molecule has 0 aliphatic rings. The van der Waals surface area contributed by atoms with Crippen LogP contribution in [0.4, 0.5) is 0 Å². The summed E-state index contributed by atoms with van der Waals surface area (Å²) in [6.45, 7) is 0.935. The minimum Gasteiger partial charge on any atom is -0.548 e. The maximum atomic E-state index is 11.6. The number of aliphatic hydroxyl groups is 5. The molecule has 0 spiro atoms. The first-order chi connectivity index (χ1) is 9.76. The molecule has 6 N–H and O–H groups in total. The van der Waals surface area contributed by atoms with E-state index in [0.717, 1.165) is 0 Å². The smallest absolute Gasteiger partial charge is 0.252 e. The van der Waals surface area contributed by atoms with Crippen molar-refractivity contribution in [1.29, 1.82) is 0 Å². The molecule has 21 heavy (non-hydrogen) atoms. The van der Waals surface area contributed by atoms with Gasteiger partial charge >= 0.3 is 0 Å². The predicted molar refractivity (Wildman–Crippen MR) is 67.6 cm³/mol. The second kappa shape index (κ2) is 9.64. The molecule has 124 valence electrons. The van der Waals surface area contributed by atoms with Crippen LogP contribution in [0, 0.1) is 0 Å². The van der Waals surface area contributed by atoms with E-state index in [1.54, 1.807) is 0 Å². The fourth-order valence-corrected chi connectivity index (χ4v) is 1.59. The third kappa shape index (κ3) is 6.36. The summed E-state index contributed by atoms with van der Waals surface area (Å²) in [5, 5.41) is 58.9. The van der Waals surface area contributed by atoms with E-state index in [9.17, 15) is 30.0 Å². The number of hydrogen-bond acceptors (Lipinski definition) is 8. The third-order valence-corrected chi connectivity index (χ3v) is 2.97. The van der Waals surface area contributed by atoms with Gasteiger partial charge in [-0.1, -0.05) is 19.8 Å². The number of hydrogen-bond donors (Lipinski definition) is 6. The van der Waals surface area contributed by atoms with Gasteiger partial charge in [0.1, 0.15) is 18.3 Å². The summed E-state index contributed by atoms with van der Waals surface area (Å²) in [5.74, 6) is -2.76. The van der Waals surface area contributed by atoms with Crippen LogP contribution in [0.25, 0.3) is 0 Å². The Balaban J connectivity index is 4.64. The number of unbranched alkanes of at least 4 members (excludes halogenated alkanes) is 1. The van der Waals surface area contributed by atoms with Crippen LogP contribution in [0.5, 0.6) is 0 Å². The molecule has 0 aliphatic heterocycles. The Hall–Kier alpha value is -1.26. The highest BCUT2D eigenvalue weighted by Crippen LogP contribution is 2.07. The molecule has 0 aromatic carbocycles. The van der Waals surface area contributed by atoms with E-state index < -0.39 is 48.9 Å². The number of rotatable bonds is 10. The summed E-state index contributed by atoms with van der Waals surface area (Å²) in [6.07, 6.45) is -6.68. The van der Waals surface area contributed by atoms with E-state index in [2.05, 4.69) is 0 Å². The SMILES string of the molecule is CCCC[C@H](NC(=O)[C@@H](O)[C@H](O)[C@H](O)[C@H](O)CO)C(=O)[O-]. The molecule has 0 aromatic heterocycles. The van der Waals surface area contributed by atoms with E-state index in [-0.39, 0.29) is 6.42 Å². The van der Waals surface area contributed by atoms with Crippen molar-refractivity contribution in [3.05, 3.63) is 0 Å². The molecule has 1 amide bonds. The molecule has 5 atom stereocenters. The van der Waals surface area contributed by atoms with Gasteiger partial charge in [0, 0.05) is 0 Å². The highest BCUT2D eigenvalue weighted by Gasteiger charge is 2.34. The van der Waals surface area contributed by atoms with Crippen LogP contribution in [0.1, 0.15) is 26.2 Å². The van der Waals surface area contributed by atoms with E-state index in [0.29, 0.717) is 12.8 Å². The van der Waals surface area contributed by atoms with Crippen molar-refractivity contribution >= 4 is 11.9 Å². The maximum absolute atomic E-state index is 11.6. The average Bonchev–Trinajstić information content (AvgIpc) is 2.47. The highest BCUT2D eigenvalue weighted by molar-refractivity contribution is 5.86. The van der Waals surface area contributed by atoms with Crippen LogP contribution in [0.2, 0.25) is 0 Å². The van der Waals surface area contributed by atoms with Crippen molar-refractivity contribution < 1.29 is 40.2 Å². The molecule has 0 aliphatic carbocycles. The Morgan fingerprint density at radius 2 is 1.71 bits per heavy atom. The lowest BCUT2D eigenvalue weighted by Crippen LogP contribution is -2.56. The largest absolute Gasteiger partial charge is 0.548 e. The Labute approximate surface area is 121 Å². The lowest BCUT2D eigenvalue weighted by molar-refractivity contribution is -0.308. The monoisotopic (exact) mass is 308 g/mol. The van der Waals surface area contributed by atoms with Gasteiger partial charge in [-0.05, 0) is 6.42 Å². The van der Waals surface area contributed by atoms with Crippen LogP contribution in [0.3, 0.4) is 0 Å². The fraction of sp³-hybridized carbons (Fsp3) is 0.833. The van der Waals surface area contributed by atoms with Gasteiger partial charge in [0.25, 0.3) is 5.91 Å². The van der Waals surface area contributed by atoms with Crippen molar-refractivity contribution in [1.82, 2.24) is 5.32 Å². The standard InChI is InChI=1S/C12H23NO8/c1-2-3-4-6(12(20)21)13-11(19)10(18)9(17)8(16)7(15)5-14/h6-10,14-18H,2-5H2,1H3,(H,13,19)(H,20,21)/p-1/t6-,7+,8+,9+,10-/m0/s1. The second-order valence-corrected chi connectivity index (χ2v) is 4.70. The van der Waals surface area contributed by atoms with Gasteiger partial charge in [0.05, 0.1) is 18.6 Å². The van der Waals surface area contributed by atoms with E-state index in [1.165, 1.54) is 0 Å². The van der Waals surface area contributed by atoms with Crippen molar-refractivity contribution in [2.45, 2.75) is 56.6 Å². The molecular weight excluding hydrogens is 286 g/mol. The first-order valence-corrected chi connectivity index (χ1v) is 6.60. The lowest BCUT2D eigenvalue weighted by atomic mass is 10.0. The Morgan fingerprint density at radius 1 is 1.14 bits per heavy atom. The second-order valence-electron chi connectivity index (χ2n) is 4.70. The normalized spacial score (nSPS) is 18.4. The minimum atomic E-state index is -2.16. The Morgan fingerprint density at radius 3 is 2.14 bits per heavy atom. The molecule has 0 radical (unpaired) electrons. The van der Waals surface area contributed by atoms with Crippen molar-refractivity contribution in [3.8, 4) is 0 Å². The van der Waals surface area contributed by atoms with Crippen LogP contribution in [-0.4, -0.2) is 74.5 Å². The summed E-state index contributed by atoms with van der Waals surface area (Å²) >= 11 is 0. The van der Waals surface area contributed by atoms with Crippen LogP contribution >= 0.6 is 0 Å². The third-order valence-electron chi connectivity index (χ3n) is 2.97. The first kappa shape index (κ1) is 19.7. The number of aliphatic carboxylic acids is 1. The van der Waals surface area contributed by atoms with Crippen molar-refractivity contribution in [2.24, 2.45) is 0 Å². The fourth-order valence-electron chi connectivity index (χ4n) is 1.59. The Kier molecular flexibility index (Phi) is 9.06. The van der Waals surface area contributed by atoms with Crippen LogP contribution in [-0.2, 0) is 9.59 Å². The molecule has 0 aromatic rings. The average molecular weight is 308 g/mol. The molecule has 0 saturated heterocycles. The predicted octanol–water partition coefficient (Wildman–Crippen LogP) is -4.15. The molecular formula is C12H22NO8-. The molecule has 0 bridgehead atoms. The quantitative estimate of drug-likeness (QED) is 0.236. The van der Waals surface area contributed by atoms with Gasteiger partial charge in [-0.2, -0.15) is 0 Å². The van der Waals surface area contributed by atoms with E-state index in [4.69, 9.17) is 10.2 Å². The van der Waals surface area contributed by atoms with Crippen LogP contribution < -0.4 is 10.4 Å². The summed E-state index contributed by atoms with van der Waals surface area (Å²) in [5.41, 5.74) is 0. The summed E-state index contributed by atoms with van der Waals surface area (Å²) in [7, 11) is 0. The van der Waals surface area contributed by atoms with Gasteiger partial charge in [0.2, 0.25) is 0 Å². The number of amides is 1. The van der Waals surface area contributed by atoms with Gasteiger partial charge in [-0.25, -0.2) is 0 Å². The zero-order valence-corrected chi connectivity index (χ0v) is 11.7. The van der Waals surface area contributed by atoms with Crippen molar-refractivity contribution in [3.63, 3.8) is 0 Å². The number of nitrogens with one attached hydrogen (secondary N) is 1. The molecule has 0 saturated carbocycles. The maximum Gasteiger partial charge on any atom is 0.252 e. The Bertz CT molecular complexity index is 337. The number of carboxylic acids is 1. The number of carboxylic acid groups (broad SMARTS) is 1. The number of aliphatic hydroxyl groups excluding tert-OH is 5. The highest BCUT2D eigenvalue weighted by atomic mass is 16.4. The van der Waals surface area contributed by atoms with Crippen LogP contribution in [0.15, 0.2) is 0 Å². The summed E-state index contributed by atoms with van der Waals surface area (Å²) in [6, 6.07) is -1.33. The molecule has 9 heteroatoms. The molecule has 0 heterocycles. The zero-order valence-electron chi connectivity index (χ0n) is 11.7. The van der Waals surface area contributed by atoms with Gasteiger partial charge < -0.3 is 40.8 Å². The first-order valence-electron chi connectivity index (χ1n) is 6.60. The lowest BCUT2D eigenvalue weighted by Gasteiger charge is -2.27. The molecule has 0 unspecified atom stereocenters.